The largest absolute Gasteiger partial charge is 0.466 e. The Morgan fingerprint density at radius 2 is 1.84 bits per heavy atom. The summed E-state index contributed by atoms with van der Waals surface area (Å²) < 4.78 is 4.99. The molecule has 0 aromatic heterocycles. The molecule has 0 aromatic rings. The van der Waals surface area contributed by atoms with Crippen LogP contribution in [-0.2, 0) is 9.53 Å². The molecule has 2 atom stereocenters. The summed E-state index contributed by atoms with van der Waals surface area (Å²) in [7, 11) is 0. The highest BCUT2D eigenvalue weighted by molar-refractivity contribution is 5.69. The summed E-state index contributed by atoms with van der Waals surface area (Å²) in [5.74, 6) is -1.18. The van der Waals surface area contributed by atoms with Gasteiger partial charge in [0.05, 0.1) is 6.61 Å². The van der Waals surface area contributed by atoms with Crippen molar-refractivity contribution in [1.82, 2.24) is 0 Å². The third kappa shape index (κ3) is 10.1. The van der Waals surface area contributed by atoms with E-state index in [0.717, 1.165) is 44.9 Å². The third-order valence-electron chi connectivity index (χ3n) is 7.34. The van der Waals surface area contributed by atoms with Crippen LogP contribution in [0.15, 0.2) is 11.6 Å². The first-order valence-electron chi connectivity index (χ1n) is 13.0. The standard InChI is InChI=1S/C27H50O4/c1-6-9-21-26(4,5)24(27(29,30)7-2)20-19-23-17-14-16-22(23)15-12-10-11-13-18-25(28)31-8-3/h19,22,24,29-30H,6-18,20-21H2,1-5H3/t22-,24?/m0/s1. The number of carbonyl (C=O) groups is 1. The van der Waals surface area contributed by atoms with Crippen molar-refractivity contribution in [3.8, 4) is 0 Å². The van der Waals surface area contributed by atoms with Crippen molar-refractivity contribution >= 4 is 5.97 Å². The first kappa shape index (κ1) is 28.2. The summed E-state index contributed by atoms with van der Waals surface area (Å²) in [5, 5.41) is 21.5. The molecule has 1 unspecified atom stereocenters. The fourth-order valence-corrected chi connectivity index (χ4v) is 5.24. The molecule has 4 nitrogen and oxygen atoms in total. The van der Waals surface area contributed by atoms with E-state index >= 15 is 0 Å². The van der Waals surface area contributed by atoms with Gasteiger partial charge in [0.1, 0.15) is 0 Å². The Hall–Kier alpha value is -0.870. The summed E-state index contributed by atoms with van der Waals surface area (Å²) in [6.07, 6.45) is 16.6. The number of ether oxygens (including phenoxy) is 1. The second kappa shape index (κ2) is 14.3. The van der Waals surface area contributed by atoms with E-state index in [9.17, 15) is 15.0 Å². The number of unbranched alkanes of at least 4 members (excludes halogenated alkanes) is 4. The molecule has 4 heteroatoms. The average Bonchev–Trinajstić information content (AvgIpc) is 3.16. The second-order valence-electron chi connectivity index (χ2n) is 10.2. The minimum atomic E-state index is -1.61. The van der Waals surface area contributed by atoms with Gasteiger partial charge in [-0.1, -0.05) is 71.4 Å². The minimum Gasteiger partial charge on any atom is -0.466 e. The van der Waals surface area contributed by atoms with Crippen LogP contribution >= 0.6 is 0 Å². The maximum atomic E-state index is 11.4. The van der Waals surface area contributed by atoms with E-state index in [1.54, 1.807) is 0 Å². The van der Waals surface area contributed by atoms with Crippen molar-refractivity contribution in [2.24, 2.45) is 17.3 Å². The maximum absolute atomic E-state index is 11.4. The van der Waals surface area contributed by atoms with Crippen LogP contribution in [0.5, 0.6) is 0 Å². The molecule has 0 radical (unpaired) electrons. The molecule has 0 amide bonds. The molecule has 0 aliphatic heterocycles. The van der Waals surface area contributed by atoms with Gasteiger partial charge in [-0.2, -0.15) is 0 Å². The summed E-state index contributed by atoms with van der Waals surface area (Å²) in [6, 6.07) is 0. The van der Waals surface area contributed by atoms with Crippen molar-refractivity contribution < 1.29 is 19.7 Å². The lowest BCUT2D eigenvalue weighted by molar-refractivity contribution is -0.226. The number of hydrogen-bond donors (Lipinski definition) is 2. The average molecular weight is 439 g/mol. The highest BCUT2D eigenvalue weighted by atomic mass is 16.5. The van der Waals surface area contributed by atoms with Crippen LogP contribution in [0.4, 0.5) is 0 Å². The van der Waals surface area contributed by atoms with Gasteiger partial charge in [-0.25, -0.2) is 0 Å². The van der Waals surface area contributed by atoms with Gasteiger partial charge in [-0.3, -0.25) is 4.79 Å². The van der Waals surface area contributed by atoms with Crippen LogP contribution < -0.4 is 0 Å². The molecule has 1 rings (SSSR count). The number of esters is 1. The number of aliphatic hydroxyl groups is 2. The van der Waals surface area contributed by atoms with Crippen molar-refractivity contribution in [2.75, 3.05) is 6.61 Å². The van der Waals surface area contributed by atoms with Crippen LogP contribution in [0, 0.1) is 17.3 Å². The zero-order valence-corrected chi connectivity index (χ0v) is 21.0. The molecule has 1 fully saturated rings. The van der Waals surface area contributed by atoms with Crippen molar-refractivity contribution in [1.29, 1.82) is 0 Å². The lowest BCUT2D eigenvalue weighted by Gasteiger charge is -2.42. The van der Waals surface area contributed by atoms with E-state index in [1.807, 2.05) is 13.8 Å². The quantitative estimate of drug-likeness (QED) is 0.119. The Balaban J connectivity index is 2.57. The number of rotatable bonds is 16. The lowest BCUT2D eigenvalue weighted by atomic mass is 9.68. The van der Waals surface area contributed by atoms with Crippen LogP contribution in [-0.4, -0.2) is 28.6 Å². The zero-order chi connectivity index (χ0) is 23.3. The highest BCUT2D eigenvalue weighted by Gasteiger charge is 2.42. The molecule has 2 N–H and O–H groups in total. The normalized spacial score (nSPS) is 19.7. The topological polar surface area (TPSA) is 66.8 Å². The fourth-order valence-electron chi connectivity index (χ4n) is 5.24. The number of allylic oxidation sites excluding steroid dienone is 2. The molecule has 0 heterocycles. The minimum absolute atomic E-state index is 0.0733. The molecule has 1 saturated carbocycles. The smallest absolute Gasteiger partial charge is 0.305 e. The Labute approximate surface area is 191 Å². The van der Waals surface area contributed by atoms with Gasteiger partial charge in [-0.15, -0.1) is 0 Å². The molecule has 0 aromatic carbocycles. The van der Waals surface area contributed by atoms with Crippen molar-refractivity contribution in [3.05, 3.63) is 11.6 Å². The van der Waals surface area contributed by atoms with Crippen LogP contribution in [0.1, 0.15) is 125 Å². The van der Waals surface area contributed by atoms with Gasteiger partial charge < -0.3 is 14.9 Å². The SMILES string of the molecule is CCCCC(C)(C)C(CC=C1CCC[C@@H]1CCCCCCC(=O)OCC)C(O)(O)CC. The molecular weight excluding hydrogens is 388 g/mol. The molecule has 1 aliphatic carbocycles. The monoisotopic (exact) mass is 438 g/mol. The van der Waals surface area contributed by atoms with Crippen LogP contribution in [0.25, 0.3) is 0 Å². The Bertz CT molecular complexity index is 535. The third-order valence-corrected chi connectivity index (χ3v) is 7.34. The van der Waals surface area contributed by atoms with E-state index in [2.05, 4.69) is 26.8 Å². The number of hydrogen-bond acceptors (Lipinski definition) is 4. The van der Waals surface area contributed by atoms with Crippen LogP contribution in [0.3, 0.4) is 0 Å². The summed E-state index contributed by atoms with van der Waals surface area (Å²) in [4.78, 5) is 11.4. The van der Waals surface area contributed by atoms with E-state index < -0.39 is 5.79 Å². The van der Waals surface area contributed by atoms with Gasteiger partial charge >= 0.3 is 5.97 Å². The highest BCUT2D eigenvalue weighted by Crippen LogP contribution is 2.43. The van der Waals surface area contributed by atoms with Gasteiger partial charge in [0, 0.05) is 12.3 Å². The van der Waals surface area contributed by atoms with E-state index in [1.165, 1.54) is 37.7 Å². The van der Waals surface area contributed by atoms with E-state index in [4.69, 9.17) is 4.74 Å². The zero-order valence-electron chi connectivity index (χ0n) is 21.0. The fraction of sp³-hybridized carbons (Fsp3) is 0.889. The molecule has 0 bridgehead atoms. The van der Waals surface area contributed by atoms with E-state index in [0.29, 0.717) is 25.4 Å². The molecule has 31 heavy (non-hydrogen) atoms. The van der Waals surface area contributed by atoms with Gasteiger partial charge in [-0.05, 0) is 69.6 Å². The number of carbonyl (C=O) groups excluding carboxylic acids is 1. The Morgan fingerprint density at radius 3 is 2.48 bits per heavy atom. The first-order valence-corrected chi connectivity index (χ1v) is 13.0. The Kier molecular flexibility index (Phi) is 13.0. The van der Waals surface area contributed by atoms with Gasteiger partial charge in [0.25, 0.3) is 0 Å². The summed E-state index contributed by atoms with van der Waals surface area (Å²) in [5.41, 5.74) is 1.44. The molecule has 0 saturated heterocycles. The molecule has 0 spiro atoms. The maximum Gasteiger partial charge on any atom is 0.305 e. The second-order valence-corrected chi connectivity index (χ2v) is 10.2. The predicted molar refractivity (Wildman–Crippen MR) is 129 cm³/mol. The van der Waals surface area contributed by atoms with Crippen LogP contribution in [0.2, 0.25) is 0 Å². The lowest BCUT2D eigenvalue weighted by Crippen LogP contribution is -2.45. The van der Waals surface area contributed by atoms with Crippen molar-refractivity contribution in [3.63, 3.8) is 0 Å². The van der Waals surface area contributed by atoms with E-state index in [-0.39, 0.29) is 17.3 Å². The predicted octanol–water partition coefficient (Wildman–Crippen LogP) is 6.93. The summed E-state index contributed by atoms with van der Waals surface area (Å²) >= 11 is 0. The van der Waals surface area contributed by atoms with Gasteiger partial charge in [0.2, 0.25) is 0 Å². The molecule has 1 aliphatic rings. The summed E-state index contributed by atoms with van der Waals surface area (Å²) in [6.45, 7) is 10.8. The molecule has 182 valence electrons. The Morgan fingerprint density at radius 1 is 1.13 bits per heavy atom. The van der Waals surface area contributed by atoms with Gasteiger partial charge in [0.15, 0.2) is 5.79 Å². The van der Waals surface area contributed by atoms with Crippen molar-refractivity contribution in [2.45, 2.75) is 130 Å². The first-order chi connectivity index (χ1) is 14.7. The molecular formula is C27H50O4.